The molecule has 0 atom stereocenters. The summed E-state index contributed by atoms with van der Waals surface area (Å²) >= 11 is 5.96. The number of halogens is 3. The third-order valence-corrected chi connectivity index (χ3v) is 3.14. The van der Waals surface area contributed by atoms with Crippen molar-refractivity contribution in [2.45, 2.75) is 0 Å². The lowest BCUT2D eigenvalue weighted by Crippen LogP contribution is -2.13. The fourth-order valence-electron chi connectivity index (χ4n) is 1.84. The molecular formula is C15H12ClF2NO3. The van der Waals surface area contributed by atoms with Crippen LogP contribution in [0.5, 0.6) is 11.5 Å². The zero-order valence-electron chi connectivity index (χ0n) is 11.7. The predicted molar refractivity (Wildman–Crippen MR) is 78.9 cm³/mol. The van der Waals surface area contributed by atoms with Gasteiger partial charge in [0.25, 0.3) is 5.91 Å². The summed E-state index contributed by atoms with van der Waals surface area (Å²) < 4.78 is 36.5. The zero-order valence-corrected chi connectivity index (χ0v) is 12.5. The molecule has 0 spiro atoms. The van der Waals surface area contributed by atoms with Gasteiger partial charge in [0, 0.05) is 23.8 Å². The summed E-state index contributed by atoms with van der Waals surface area (Å²) in [6.45, 7) is 0. The Hall–Kier alpha value is -2.34. The lowest BCUT2D eigenvalue weighted by Gasteiger charge is -2.13. The predicted octanol–water partition coefficient (Wildman–Crippen LogP) is 3.89. The van der Waals surface area contributed by atoms with Gasteiger partial charge in [-0.15, -0.1) is 0 Å². The minimum atomic E-state index is -0.842. The van der Waals surface area contributed by atoms with Crippen molar-refractivity contribution < 1.29 is 23.0 Å². The fraction of sp³-hybridized carbons (Fsp3) is 0.133. The molecule has 0 fully saturated rings. The summed E-state index contributed by atoms with van der Waals surface area (Å²) in [5, 5.41) is 2.80. The van der Waals surface area contributed by atoms with E-state index >= 15 is 0 Å². The highest BCUT2D eigenvalue weighted by molar-refractivity contribution is 6.32. The molecule has 4 nitrogen and oxygen atoms in total. The van der Waals surface area contributed by atoms with Gasteiger partial charge in [-0.2, -0.15) is 0 Å². The Morgan fingerprint density at radius 2 is 1.59 bits per heavy atom. The van der Waals surface area contributed by atoms with E-state index in [1.54, 1.807) is 0 Å². The van der Waals surface area contributed by atoms with E-state index in [0.717, 1.165) is 12.1 Å². The van der Waals surface area contributed by atoms with E-state index in [4.69, 9.17) is 21.1 Å². The first-order chi connectivity index (χ1) is 10.4. The number of amides is 1. The molecule has 0 saturated carbocycles. The largest absolute Gasteiger partial charge is 0.495 e. The van der Waals surface area contributed by atoms with E-state index < -0.39 is 17.5 Å². The summed E-state index contributed by atoms with van der Waals surface area (Å²) in [6, 6.07) is 5.45. The molecule has 0 radical (unpaired) electrons. The molecule has 22 heavy (non-hydrogen) atoms. The van der Waals surface area contributed by atoms with Crippen molar-refractivity contribution in [3.8, 4) is 11.5 Å². The first-order valence-corrected chi connectivity index (χ1v) is 6.51. The molecule has 2 aromatic carbocycles. The smallest absolute Gasteiger partial charge is 0.255 e. The number of ether oxygens (including phenoxy) is 2. The number of benzene rings is 2. The van der Waals surface area contributed by atoms with Crippen LogP contribution in [0.3, 0.4) is 0 Å². The molecule has 1 amide bonds. The molecule has 2 aromatic rings. The Kier molecular flexibility index (Phi) is 4.82. The van der Waals surface area contributed by atoms with Crippen LogP contribution in [-0.4, -0.2) is 20.1 Å². The highest BCUT2D eigenvalue weighted by atomic mass is 35.5. The Morgan fingerprint density at radius 1 is 1.00 bits per heavy atom. The van der Waals surface area contributed by atoms with Crippen molar-refractivity contribution in [3.05, 3.63) is 52.6 Å². The molecule has 0 unspecified atom stereocenters. The zero-order chi connectivity index (χ0) is 16.3. The van der Waals surface area contributed by atoms with Gasteiger partial charge in [-0.3, -0.25) is 4.79 Å². The molecule has 116 valence electrons. The van der Waals surface area contributed by atoms with E-state index in [0.29, 0.717) is 16.8 Å². The third kappa shape index (κ3) is 3.46. The van der Waals surface area contributed by atoms with Crippen LogP contribution in [0.25, 0.3) is 0 Å². The van der Waals surface area contributed by atoms with Gasteiger partial charge in [0.15, 0.2) is 0 Å². The first-order valence-electron chi connectivity index (χ1n) is 6.13. The molecule has 2 rings (SSSR count). The highest BCUT2D eigenvalue weighted by Crippen LogP contribution is 2.36. The maximum absolute atomic E-state index is 13.2. The molecule has 0 heterocycles. The Labute approximate surface area is 130 Å². The van der Waals surface area contributed by atoms with Gasteiger partial charge in [-0.25, -0.2) is 8.78 Å². The van der Waals surface area contributed by atoms with Crippen molar-refractivity contribution in [1.29, 1.82) is 0 Å². The summed E-state index contributed by atoms with van der Waals surface area (Å²) in [5.74, 6) is -1.77. The molecule has 0 aromatic heterocycles. The molecule has 0 aliphatic carbocycles. The van der Waals surface area contributed by atoms with Crippen molar-refractivity contribution >= 4 is 23.2 Å². The SMILES string of the molecule is COc1cc(NC(=O)c2cc(F)cc(F)c2)c(OC)cc1Cl. The second-order valence-electron chi connectivity index (χ2n) is 4.30. The summed E-state index contributed by atoms with van der Waals surface area (Å²) in [5.41, 5.74) is 0.104. The molecule has 7 heteroatoms. The maximum Gasteiger partial charge on any atom is 0.255 e. The van der Waals surface area contributed by atoms with Crippen LogP contribution < -0.4 is 14.8 Å². The van der Waals surface area contributed by atoms with Crippen LogP contribution in [0.15, 0.2) is 30.3 Å². The van der Waals surface area contributed by atoms with E-state index in [-0.39, 0.29) is 17.0 Å². The third-order valence-electron chi connectivity index (χ3n) is 2.85. The van der Waals surface area contributed by atoms with Gasteiger partial charge in [-0.1, -0.05) is 11.6 Å². The van der Waals surface area contributed by atoms with Crippen molar-refractivity contribution in [2.24, 2.45) is 0 Å². The summed E-state index contributed by atoms with van der Waals surface area (Å²) in [4.78, 5) is 12.1. The van der Waals surface area contributed by atoms with E-state index in [2.05, 4.69) is 5.32 Å². The Balaban J connectivity index is 2.35. The van der Waals surface area contributed by atoms with E-state index in [1.807, 2.05) is 0 Å². The Bertz CT molecular complexity index is 702. The number of carbonyl (C=O) groups is 1. The number of hydrogen-bond acceptors (Lipinski definition) is 3. The van der Waals surface area contributed by atoms with Crippen LogP contribution in [0.4, 0.5) is 14.5 Å². The van der Waals surface area contributed by atoms with Crippen LogP contribution >= 0.6 is 11.6 Å². The number of methoxy groups -OCH3 is 2. The van der Waals surface area contributed by atoms with E-state index in [9.17, 15) is 13.6 Å². The van der Waals surface area contributed by atoms with Gasteiger partial charge in [0.05, 0.1) is 24.9 Å². The quantitative estimate of drug-likeness (QED) is 0.926. The second kappa shape index (κ2) is 6.62. The summed E-state index contributed by atoms with van der Waals surface area (Å²) in [7, 11) is 2.82. The van der Waals surface area contributed by atoms with Crippen molar-refractivity contribution in [3.63, 3.8) is 0 Å². The molecule has 0 bridgehead atoms. The Morgan fingerprint density at radius 3 is 2.14 bits per heavy atom. The molecule has 0 aliphatic heterocycles. The molecular weight excluding hydrogens is 316 g/mol. The van der Waals surface area contributed by atoms with Crippen LogP contribution in [0.1, 0.15) is 10.4 Å². The topological polar surface area (TPSA) is 47.6 Å². The molecule has 1 N–H and O–H groups in total. The number of anilines is 1. The number of hydrogen-bond donors (Lipinski definition) is 1. The van der Waals surface area contributed by atoms with Crippen LogP contribution in [0, 0.1) is 11.6 Å². The van der Waals surface area contributed by atoms with Gasteiger partial charge < -0.3 is 14.8 Å². The minimum Gasteiger partial charge on any atom is -0.495 e. The highest BCUT2D eigenvalue weighted by Gasteiger charge is 2.15. The van der Waals surface area contributed by atoms with Gasteiger partial charge >= 0.3 is 0 Å². The number of nitrogens with one attached hydrogen (secondary N) is 1. The molecule has 0 aliphatic rings. The van der Waals surface area contributed by atoms with Gasteiger partial charge in [0.1, 0.15) is 23.1 Å². The monoisotopic (exact) mass is 327 g/mol. The summed E-state index contributed by atoms with van der Waals surface area (Å²) in [6.07, 6.45) is 0. The van der Waals surface area contributed by atoms with Crippen LogP contribution in [0.2, 0.25) is 5.02 Å². The average Bonchev–Trinajstić information content (AvgIpc) is 2.47. The number of carbonyl (C=O) groups excluding carboxylic acids is 1. The fourth-order valence-corrected chi connectivity index (χ4v) is 2.07. The first kappa shape index (κ1) is 16.0. The average molecular weight is 328 g/mol. The van der Waals surface area contributed by atoms with Crippen LogP contribution in [-0.2, 0) is 0 Å². The van der Waals surface area contributed by atoms with E-state index in [1.165, 1.54) is 26.4 Å². The van der Waals surface area contributed by atoms with Crippen molar-refractivity contribution in [2.75, 3.05) is 19.5 Å². The minimum absolute atomic E-state index is 0.159. The number of rotatable bonds is 4. The lowest BCUT2D eigenvalue weighted by molar-refractivity contribution is 0.102. The molecule has 0 saturated heterocycles. The maximum atomic E-state index is 13.2. The van der Waals surface area contributed by atoms with Crippen molar-refractivity contribution in [1.82, 2.24) is 0 Å². The lowest BCUT2D eigenvalue weighted by atomic mass is 10.2. The van der Waals surface area contributed by atoms with Gasteiger partial charge in [-0.05, 0) is 12.1 Å². The standard InChI is InChI=1S/C15H12ClF2NO3/c1-21-13-7-12(14(22-2)6-11(13)16)19-15(20)8-3-9(17)5-10(18)4-8/h3-7H,1-2H3,(H,19,20). The normalized spacial score (nSPS) is 10.2. The van der Waals surface area contributed by atoms with Gasteiger partial charge in [0.2, 0.25) is 0 Å². The second-order valence-corrected chi connectivity index (χ2v) is 4.71.